The van der Waals surface area contributed by atoms with Crippen LogP contribution in [0.5, 0.6) is 0 Å². The van der Waals surface area contributed by atoms with Gasteiger partial charge < -0.3 is 0 Å². The van der Waals surface area contributed by atoms with Gasteiger partial charge in [-0.3, -0.25) is 0 Å². The van der Waals surface area contributed by atoms with Gasteiger partial charge >= 0.3 is 0 Å². The second-order valence-electron chi connectivity index (χ2n) is 14.9. The van der Waals surface area contributed by atoms with Crippen LogP contribution in [0.25, 0.3) is 67.5 Å². The van der Waals surface area contributed by atoms with Crippen molar-refractivity contribution in [3.05, 3.63) is 221 Å². The molecule has 6 heteroatoms. The van der Waals surface area contributed by atoms with Crippen LogP contribution >= 0.6 is 11.8 Å². The van der Waals surface area contributed by atoms with E-state index in [9.17, 15) is 10.5 Å². The molecule has 2 heterocycles. The summed E-state index contributed by atoms with van der Waals surface area (Å²) in [6, 6.07) is 69.3. The van der Waals surface area contributed by atoms with E-state index in [1.165, 1.54) is 32.0 Å². The Morgan fingerprint density at radius 3 is 1.37 bits per heavy atom. The Labute approximate surface area is 352 Å². The van der Waals surface area contributed by atoms with Crippen molar-refractivity contribution < 1.29 is 0 Å². The largest absolute Gasteiger partial charge is 0.208 e. The van der Waals surface area contributed by atoms with Gasteiger partial charge in [-0.2, -0.15) is 10.5 Å². The van der Waals surface area contributed by atoms with E-state index < -0.39 is 5.41 Å². The van der Waals surface area contributed by atoms with Gasteiger partial charge in [0.2, 0.25) is 0 Å². The van der Waals surface area contributed by atoms with Crippen LogP contribution in [-0.4, -0.2) is 15.0 Å². The molecule has 1 aromatic heterocycles. The number of hydrogen-bond donors (Lipinski definition) is 0. The van der Waals surface area contributed by atoms with E-state index in [0.717, 1.165) is 50.1 Å². The van der Waals surface area contributed by atoms with Gasteiger partial charge in [-0.05, 0) is 86.0 Å². The molecule has 60 heavy (non-hydrogen) atoms. The van der Waals surface area contributed by atoms with Crippen molar-refractivity contribution in [3.8, 4) is 79.7 Å². The molecule has 0 bridgehead atoms. The smallest absolute Gasteiger partial charge is 0.164 e. The zero-order chi connectivity index (χ0) is 40.2. The van der Waals surface area contributed by atoms with Crippen molar-refractivity contribution in [3.63, 3.8) is 0 Å². The van der Waals surface area contributed by atoms with Gasteiger partial charge in [-0.15, -0.1) is 0 Å². The molecule has 2 aliphatic rings. The van der Waals surface area contributed by atoms with Crippen molar-refractivity contribution in [2.75, 3.05) is 0 Å². The summed E-state index contributed by atoms with van der Waals surface area (Å²) in [6.45, 7) is 0. The predicted molar refractivity (Wildman–Crippen MR) is 238 cm³/mol. The van der Waals surface area contributed by atoms with Gasteiger partial charge in [0.15, 0.2) is 17.5 Å². The first-order valence-electron chi connectivity index (χ1n) is 19.7. The first kappa shape index (κ1) is 35.3. The lowest BCUT2D eigenvalue weighted by molar-refractivity contribution is 0.722. The minimum absolute atomic E-state index is 0.457. The van der Waals surface area contributed by atoms with E-state index >= 15 is 0 Å². The summed E-state index contributed by atoms with van der Waals surface area (Å²) in [6.07, 6.45) is 0. The Morgan fingerprint density at radius 1 is 0.367 bits per heavy atom. The van der Waals surface area contributed by atoms with E-state index in [1.807, 2.05) is 84.6 Å². The third-order valence-corrected chi connectivity index (χ3v) is 12.8. The number of nitrogens with zero attached hydrogens (tertiary/aromatic N) is 5. The molecule has 1 aliphatic carbocycles. The zero-order valence-electron chi connectivity index (χ0n) is 32.0. The van der Waals surface area contributed by atoms with E-state index in [0.29, 0.717) is 28.6 Å². The third kappa shape index (κ3) is 5.51. The van der Waals surface area contributed by atoms with Crippen LogP contribution in [0.2, 0.25) is 0 Å². The maximum absolute atomic E-state index is 9.70. The molecule has 0 radical (unpaired) electrons. The minimum Gasteiger partial charge on any atom is -0.208 e. The average Bonchev–Trinajstić information content (AvgIpc) is 3.62. The first-order valence-corrected chi connectivity index (χ1v) is 20.5. The molecule has 9 aromatic rings. The molecule has 1 spiro atoms. The Kier molecular flexibility index (Phi) is 8.34. The molecule has 0 saturated carbocycles. The number of benzene rings is 8. The standard InChI is InChI=1S/C54H31N5S/c55-32-34-29-35(33-56)31-40(30-34)36-25-27-37(28-26-36)41-17-11-21-45-49(41)50-42(53-58-51(38-13-3-1-4-14-38)57-52(59-53)39-15-5-2-6-16-39)18-12-22-46(50)54(45)43-19-7-9-23-47(43)60-48-24-10-8-20-44(48)54/h1-31H. The van der Waals surface area contributed by atoms with Gasteiger partial charge in [0, 0.05) is 26.5 Å². The molecule has 0 unspecified atom stereocenters. The Morgan fingerprint density at radius 2 is 0.817 bits per heavy atom. The van der Waals surface area contributed by atoms with Crippen LogP contribution in [0.4, 0.5) is 0 Å². The van der Waals surface area contributed by atoms with Gasteiger partial charge in [0.05, 0.1) is 28.7 Å². The van der Waals surface area contributed by atoms with Crippen LogP contribution < -0.4 is 0 Å². The lowest BCUT2D eigenvalue weighted by Crippen LogP contribution is -2.31. The lowest BCUT2D eigenvalue weighted by atomic mass is 9.67. The van der Waals surface area contributed by atoms with Crippen LogP contribution in [0, 0.1) is 22.7 Å². The van der Waals surface area contributed by atoms with Crippen molar-refractivity contribution in [2.24, 2.45) is 0 Å². The Balaban J connectivity index is 1.21. The topological polar surface area (TPSA) is 86.2 Å². The molecule has 278 valence electrons. The molecule has 0 N–H and O–H groups in total. The maximum atomic E-state index is 9.70. The Hall–Kier alpha value is -7.90. The van der Waals surface area contributed by atoms with Crippen LogP contribution in [-0.2, 0) is 5.41 Å². The molecule has 8 aromatic carbocycles. The van der Waals surface area contributed by atoms with Crippen molar-refractivity contribution >= 4 is 11.8 Å². The Bertz CT molecular complexity index is 3120. The molecule has 1 aliphatic heterocycles. The van der Waals surface area contributed by atoms with E-state index in [1.54, 1.807) is 6.07 Å². The summed E-state index contributed by atoms with van der Waals surface area (Å²) >= 11 is 1.82. The van der Waals surface area contributed by atoms with Crippen LogP contribution in [0.15, 0.2) is 198 Å². The molecule has 0 amide bonds. The highest BCUT2D eigenvalue weighted by atomic mass is 32.2. The highest BCUT2D eigenvalue weighted by Crippen LogP contribution is 2.64. The average molecular weight is 782 g/mol. The van der Waals surface area contributed by atoms with E-state index in [-0.39, 0.29) is 0 Å². The number of hydrogen-bond acceptors (Lipinski definition) is 6. The maximum Gasteiger partial charge on any atom is 0.164 e. The summed E-state index contributed by atoms with van der Waals surface area (Å²) in [5.41, 5.74) is 14.0. The summed E-state index contributed by atoms with van der Waals surface area (Å²) in [7, 11) is 0. The minimum atomic E-state index is -0.627. The summed E-state index contributed by atoms with van der Waals surface area (Å²) in [4.78, 5) is 18.0. The fourth-order valence-corrected chi connectivity index (χ4v) is 10.3. The van der Waals surface area contributed by atoms with Gasteiger partial charge in [-0.1, -0.05) is 169 Å². The fourth-order valence-electron chi connectivity index (χ4n) is 9.11. The summed E-state index contributed by atoms with van der Waals surface area (Å²) in [5, 5.41) is 19.4. The third-order valence-electron chi connectivity index (χ3n) is 11.6. The second kappa shape index (κ2) is 14.2. The molecule has 11 rings (SSSR count). The second-order valence-corrected chi connectivity index (χ2v) is 16.0. The van der Waals surface area contributed by atoms with Crippen LogP contribution in [0.3, 0.4) is 0 Å². The monoisotopic (exact) mass is 781 g/mol. The van der Waals surface area contributed by atoms with Crippen molar-refractivity contribution in [2.45, 2.75) is 15.2 Å². The molecule has 0 fully saturated rings. The van der Waals surface area contributed by atoms with E-state index in [2.05, 4.69) is 121 Å². The van der Waals surface area contributed by atoms with Crippen LogP contribution in [0.1, 0.15) is 33.4 Å². The van der Waals surface area contributed by atoms with E-state index in [4.69, 9.17) is 15.0 Å². The highest BCUT2D eigenvalue weighted by Gasteiger charge is 2.51. The van der Waals surface area contributed by atoms with Gasteiger partial charge in [0.25, 0.3) is 0 Å². The SMILES string of the molecule is N#Cc1cc(C#N)cc(-c2ccc(-c3cccc4c3-c3c(-c5nc(-c6ccccc6)nc(-c6ccccc6)n5)cccc3C43c4ccccc4Sc4ccccc43)cc2)c1. The number of rotatable bonds is 5. The molecular formula is C54H31N5S. The van der Waals surface area contributed by atoms with Gasteiger partial charge in [-0.25, -0.2) is 15.0 Å². The number of aromatic nitrogens is 3. The summed E-state index contributed by atoms with van der Waals surface area (Å²) < 4.78 is 0. The quantitative estimate of drug-likeness (QED) is 0.173. The van der Waals surface area contributed by atoms with Crippen molar-refractivity contribution in [1.29, 1.82) is 10.5 Å². The predicted octanol–water partition coefficient (Wildman–Crippen LogP) is 12.8. The molecule has 5 nitrogen and oxygen atoms in total. The number of fused-ring (bicyclic) bond motifs is 9. The van der Waals surface area contributed by atoms with Crippen molar-refractivity contribution in [1.82, 2.24) is 15.0 Å². The summed E-state index contributed by atoms with van der Waals surface area (Å²) in [5.74, 6) is 1.82. The molecule has 0 saturated heterocycles. The van der Waals surface area contributed by atoms with Gasteiger partial charge in [0.1, 0.15) is 0 Å². The normalized spacial score (nSPS) is 12.7. The fraction of sp³-hybridized carbons (Fsp3) is 0.0185. The number of nitriles is 2. The zero-order valence-corrected chi connectivity index (χ0v) is 32.9. The highest BCUT2D eigenvalue weighted by molar-refractivity contribution is 7.99. The lowest BCUT2D eigenvalue weighted by Gasteiger charge is -2.39. The molecule has 0 atom stereocenters. The first-order chi connectivity index (χ1) is 29.6. The molecular weight excluding hydrogens is 751 g/mol.